The van der Waals surface area contributed by atoms with Crippen LogP contribution in [0.1, 0.15) is 22.8 Å². The molecule has 5 heteroatoms. The standard InChI is InChI=1S/C14H21NO3S/c1-10(13(8-16)19-3)15-14(17)12-7-5-4-6-11(12)9-18-2/h4-7,10,13,16H,8-9H2,1-3H3,(H,15,17). The maximum atomic E-state index is 12.2. The molecule has 19 heavy (non-hydrogen) atoms. The Morgan fingerprint density at radius 2 is 2.16 bits per heavy atom. The molecule has 2 N–H and O–H groups in total. The van der Waals surface area contributed by atoms with E-state index in [1.807, 2.05) is 31.4 Å². The van der Waals surface area contributed by atoms with Gasteiger partial charge in [-0.05, 0) is 24.8 Å². The number of rotatable bonds is 7. The summed E-state index contributed by atoms with van der Waals surface area (Å²) < 4.78 is 5.09. The quantitative estimate of drug-likeness (QED) is 0.799. The Morgan fingerprint density at radius 3 is 2.74 bits per heavy atom. The van der Waals surface area contributed by atoms with Gasteiger partial charge < -0.3 is 15.2 Å². The maximum Gasteiger partial charge on any atom is 0.251 e. The van der Waals surface area contributed by atoms with Gasteiger partial charge in [0.05, 0.1) is 13.2 Å². The molecule has 2 atom stereocenters. The number of benzene rings is 1. The predicted molar refractivity (Wildman–Crippen MR) is 78.5 cm³/mol. The fraction of sp³-hybridized carbons (Fsp3) is 0.500. The van der Waals surface area contributed by atoms with Crippen LogP contribution in [0.4, 0.5) is 0 Å². The molecule has 1 aromatic carbocycles. The monoisotopic (exact) mass is 283 g/mol. The van der Waals surface area contributed by atoms with Gasteiger partial charge in [0.2, 0.25) is 0 Å². The van der Waals surface area contributed by atoms with Crippen LogP contribution in [-0.4, -0.2) is 42.3 Å². The van der Waals surface area contributed by atoms with Gasteiger partial charge in [-0.2, -0.15) is 11.8 Å². The molecule has 0 aliphatic heterocycles. The molecule has 0 saturated carbocycles. The van der Waals surface area contributed by atoms with Gasteiger partial charge in [-0.25, -0.2) is 0 Å². The minimum Gasteiger partial charge on any atom is -0.395 e. The van der Waals surface area contributed by atoms with Gasteiger partial charge in [-0.3, -0.25) is 4.79 Å². The molecule has 0 saturated heterocycles. The number of hydrogen-bond donors (Lipinski definition) is 2. The number of nitrogens with one attached hydrogen (secondary N) is 1. The van der Waals surface area contributed by atoms with Crippen molar-refractivity contribution in [3.63, 3.8) is 0 Å². The van der Waals surface area contributed by atoms with Crippen molar-refractivity contribution in [2.24, 2.45) is 0 Å². The van der Waals surface area contributed by atoms with Gasteiger partial charge >= 0.3 is 0 Å². The highest BCUT2D eigenvalue weighted by Crippen LogP contribution is 2.13. The zero-order valence-corrected chi connectivity index (χ0v) is 12.4. The normalized spacial score (nSPS) is 13.9. The van der Waals surface area contributed by atoms with E-state index in [2.05, 4.69) is 5.32 Å². The van der Waals surface area contributed by atoms with Crippen molar-refractivity contribution >= 4 is 17.7 Å². The average Bonchev–Trinajstić information content (AvgIpc) is 2.41. The summed E-state index contributed by atoms with van der Waals surface area (Å²) in [7, 11) is 1.60. The number of thioether (sulfide) groups is 1. The molecule has 1 rings (SSSR count). The van der Waals surface area contributed by atoms with Gasteiger partial charge in [0.25, 0.3) is 5.91 Å². The van der Waals surface area contributed by atoms with Gasteiger partial charge in [0.1, 0.15) is 0 Å². The molecule has 1 amide bonds. The number of ether oxygens (including phenoxy) is 1. The highest BCUT2D eigenvalue weighted by Gasteiger charge is 2.19. The smallest absolute Gasteiger partial charge is 0.251 e. The molecular formula is C14H21NO3S. The highest BCUT2D eigenvalue weighted by atomic mass is 32.2. The Labute approximate surface area is 118 Å². The van der Waals surface area contributed by atoms with E-state index in [9.17, 15) is 9.90 Å². The van der Waals surface area contributed by atoms with Crippen LogP contribution in [0.2, 0.25) is 0 Å². The summed E-state index contributed by atoms with van der Waals surface area (Å²) in [6, 6.07) is 7.28. The number of methoxy groups -OCH3 is 1. The summed E-state index contributed by atoms with van der Waals surface area (Å²) in [5.74, 6) is -0.132. The van der Waals surface area contributed by atoms with Crippen molar-refractivity contribution in [3.8, 4) is 0 Å². The summed E-state index contributed by atoms with van der Waals surface area (Å²) in [5.41, 5.74) is 1.48. The van der Waals surface area contributed by atoms with Crippen LogP contribution in [0.25, 0.3) is 0 Å². The average molecular weight is 283 g/mol. The van der Waals surface area contributed by atoms with Gasteiger partial charge in [0, 0.05) is 24.0 Å². The summed E-state index contributed by atoms with van der Waals surface area (Å²) in [6.45, 7) is 2.35. The van der Waals surface area contributed by atoms with E-state index in [1.165, 1.54) is 0 Å². The van der Waals surface area contributed by atoms with E-state index in [4.69, 9.17) is 4.74 Å². The van der Waals surface area contributed by atoms with E-state index in [0.717, 1.165) is 5.56 Å². The second-order valence-corrected chi connectivity index (χ2v) is 5.39. The fourth-order valence-corrected chi connectivity index (χ4v) is 2.46. The van der Waals surface area contributed by atoms with Crippen LogP contribution in [0, 0.1) is 0 Å². The fourth-order valence-electron chi connectivity index (χ4n) is 1.84. The molecule has 1 aromatic rings. The number of aliphatic hydroxyl groups is 1. The zero-order chi connectivity index (χ0) is 14.3. The molecule has 0 radical (unpaired) electrons. The van der Waals surface area contributed by atoms with Crippen LogP contribution in [0.15, 0.2) is 24.3 Å². The van der Waals surface area contributed by atoms with Crippen molar-refractivity contribution in [1.29, 1.82) is 0 Å². The van der Waals surface area contributed by atoms with E-state index < -0.39 is 0 Å². The van der Waals surface area contributed by atoms with Gasteiger partial charge in [0.15, 0.2) is 0 Å². The first-order chi connectivity index (χ1) is 9.13. The van der Waals surface area contributed by atoms with Crippen LogP contribution in [0.3, 0.4) is 0 Å². The number of carbonyl (C=O) groups excluding carboxylic acids is 1. The first kappa shape index (κ1) is 16.0. The van der Waals surface area contributed by atoms with Gasteiger partial charge in [-0.15, -0.1) is 0 Å². The first-order valence-electron chi connectivity index (χ1n) is 6.15. The van der Waals surface area contributed by atoms with Crippen LogP contribution in [0.5, 0.6) is 0 Å². The molecule has 106 valence electrons. The number of aliphatic hydroxyl groups excluding tert-OH is 1. The molecule has 0 aromatic heterocycles. The number of carbonyl (C=O) groups is 1. The Balaban J connectivity index is 2.77. The largest absolute Gasteiger partial charge is 0.395 e. The maximum absolute atomic E-state index is 12.2. The molecule has 0 aliphatic carbocycles. The molecule has 2 unspecified atom stereocenters. The van der Waals surface area contributed by atoms with Crippen LogP contribution in [-0.2, 0) is 11.3 Å². The van der Waals surface area contributed by atoms with E-state index in [-0.39, 0.29) is 23.8 Å². The Hall–Kier alpha value is -1.04. The topological polar surface area (TPSA) is 58.6 Å². The third-order valence-electron chi connectivity index (χ3n) is 2.96. The summed E-state index contributed by atoms with van der Waals surface area (Å²) in [5, 5.41) is 12.1. The number of amides is 1. The lowest BCUT2D eigenvalue weighted by Crippen LogP contribution is -2.41. The second-order valence-electron chi connectivity index (χ2n) is 4.31. The molecule has 4 nitrogen and oxygen atoms in total. The van der Waals surface area contributed by atoms with Crippen LogP contribution >= 0.6 is 11.8 Å². The van der Waals surface area contributed by atoms with E-state index in [1.54, 1.807) is 24.9 Å². The van der Waals surface area contributed by atoms with Gasteiger partial charge in [-0.1, -0.05) is 18.2 Å². The molecule has 0 spiro atoms. The van der Waals surface area contributed by atoms with Crippen molar-refractivity contribution in [1.82, 2.24) is 5.32 Å². The third kappa shape index (κ3) is 4.53. The minimum atomic E-state index is -0.132. The van der Waals surface area contributed by atoms with E-state index in [0.29, 0.717) is 12.2 Å². The zero-order valence-electron chi connectivity index (χ0n) is 11.6. The lowest BCUT2D eigenvalue weighted by Gasteiger charge is -2.21. The van der Waals surface area contributed by atoms with Crippen molar-refractivity contribution < 1.29 is 14.6 Å². The molecular weight excluding hydrogens is 262 g/mol. The lowest BCUT2D eigenvalue weighted by atomic mass is 10.1. The minimum absolute atomic E-state index is 0.00135. The molecule has 0 fully saturated rings. The van der Waals surface area contributed by atoms with Crippen molar-refractivity contribution in [3.05, 3.63) is 35.4 Å². The highest BCUT2D eigenvalue weighted by molar-refractivity contribution is 7.99. The molecule has 0 heterocycles. The SMILES string of the molecule is COCc1ccccc1C(=O)NC(C)C(CO)SC. The second kappa shape index (κ2) is 8.19. The predicted octanol–water partition coefficient (Wildman–Crippen LogP) is 1.68. The first-order valence-corrected chi connectivity index (χ1v) is 7.44. The molecule has 0 bridgehead atoms. The summed E-state index contributed by atoms with van der Waals surface area (Å²) in [4.78, 5) is 12.2. The lowest BCUT2D eigenvalue weighted by molar-refractivity contribution is 0.0931. The third-order valence-corrected chi connectivity index (χ3v) is 4.12. The summed E-state index contributed by atoms with van der Waals surface area (Å²) >= 11 is 1.54. The summed E-state index contributed by atoms with van der Waals surface area (Å²) in [6.07, 6.45) is 1.92. The Bertz CT molecular complexity index is 407. The molecule has 0 aliphatic rings. The number of hydrogen-bond acceptors (Lipinski definition) is 4. The van der Waals surface area contributed by atoms with E-state index >= 15 is 0 Å². The van der Waals surface area contributed by atoms with Crippen molar-refractivity contribution in [2.75, 3.05) is 20.0 Å². The Kier molecular flexibility index (Phi) is 6.91. The van der Waals surface area contributed by atoms with Crippen LogP contribution < -0.4 is 5.32 Å². The Morgan fingerprint density at radius 1 is 1.47 bits per heavy atom. The van der Waals surface area contributed by atoms with Crippen molar-refractivity contribution in [2.45, 2.75) is 24.8 Å².